The Balaban J connectivity index is 1.74. The summed E-state index contributed by atoms with van der Waals surface area (Å²) < 4.78 is 20.5. The Labute approximate surface area is 154 Å². The number of nitrogens with zero attached hydrogens (tertiary/aromatic N) is 3. The molecule has 0 atom stereocenters. The third kappa shape index (κ3) is 3.35. The molecule has 2 aromatic heterocycles. The molecule has 1 N–H and O–H groups in total. The highest BCUT2D eigenvalue weighted by molar-refractivity contribution is 6.01. The number of hydrogen-bond acceptors (Lipinski definition) is 4. The number of rotatable bonds is 4. The average molecular weight is 362 g/mol. The van der Waals surface area contributed by atoms with Crippen molar-refractivity contribution in [2.24, 2.45) is 0 Å². The Bertz CT molecular complexity index is 1090. The van der Waals surface area contributed by atoms with Gasteiger partial charge in [0.25, 0.3) is 5.91 Å². The van der Waals surface area contributed by atoms with Crippen LogP contribution in [-0.4, -0.2) is 20.7 Å². The first-order chi connectivity index (χ1) is 13.1. The zero-order chi connectivity index (χ0) is 18.8. The van der Waals surface area contributed by atoms with E-state index in [4.69, 9.17) is 4.42 Å². The van der Waals surface area contributed by atoms with Crippen molar-refractivity contribution in [2.45, 2.75) is 6.92 Å². The Hall–Kier alpha value is -3.74. The molecule has 0 saturated carbocycles. The molecule has 0 spiro atoms. The minimum absolute atomic E-state index is 0.0686. The van der Waals surface area contributed by atoms with E-state index >= 15 is 0 Å². The molecule has 134 valence electrons. The summed E-state index contributed by atoms with van der Waals surface area (Å²) in [6, 6.07) is 15.3. The first-order valence-corrected chi connectivity index (χ1v) is 8.24. The van der Waals surface area contributed by atoms with Gasteiger partial charge in [0.1, 0.15) is 12.1 Å². The maximum atomic E-state index is 13.8. The molecule has 7 heteroatoms. The first kappa shape index (κ1) is 16.7. The van der Waals surface area contributed by atoms with Crippen LogP contribution in [0.15, 0.2) is 71.5 Å². The third-order valence-corrected chi connectivity index (χ3v) is 3.99. The monoisotopic (exact) mass is 362 g/mol. The number of carbonyl (C=O) groups excluding carboxylic acids is 1. The predicted octanol–water partition coefficient (Wildman–Crippen LogP) is 4.23. The molecule has 0 radical (unpaired) electrons. The standard InChI is InChI=1S/C20H15FN4O2/c1-13-6-8-15(9-7-13)25-19(14-10-11-27-12-14)23-18(24-25)20(26)22-17-5-3-2-4-16(17)21/h2-12H,1H3,(H,22,26). The Kier molecular flexibility index (Phi) is 4.25. The van der Waals surface area contributed by atoms with E-state index in [0.717, 1.165) is 11.3 Å². The first-order valence-electron chi connectivity index (χ1n) is 8.24. The van der Waals surface area contributed by atoms with E-state index < -0.39 is 11.7 Å². The lowest BCUT2D eigenvalue weighted by atomic mass is 10.2. The summed E-state index contributed by atoms with van der Waals surface area (Å²) in [4.78, 5) is 16.9. The lowest BCUT2D eigenvalue weighted by Crippen LogP contribution is -2.15. The van der Waals surface area contributed by atoms with Crippen molar-refractivity contribution in [1.82, 2.24) is 14.8 Å². The number of benzene rings is 2. The van der Waals surface area contributed by atoms with Gasteiger partial charge in [-0.3, -0.25) is 4.79 Å². The summed E-state index contributed by atoms with van der Waals surface area (Å²) in [5.74, 6) is -0.754. The SMILES string of the molecule is Cc1ccc(-n2nc(C(=O)Nc3ccccc3F)nc2-c2ccoc2)cc1. The van der Waals surface area contributed by atoms with E-state index in [9.17, 15) is 9.18 Å². The van der Waals surface area contributed by atoms with Crippen LogP contribution >= 0.6 is 0 Å². The van der Waals surface area contributed by atoms with Gasteiger partial charge in [-0.2, -0.15) is 0 Å². The summed E-state index contributed by atoms with van der Waals surface area (Å²) in [5.41, 5.74) is 2.59. The van der Waals surface area contributed by atoms with Crippen molar-refractivity contribution < 1.29 is 13.6 Å². The highest BCUT2D eigenvalue weighted by Crippen LogP contribution is 2.22. The Morgan fingerprint density at radius 1 is 1.11 bits per heavy atom. The van der Waals surface area contributed by atoms with E-state index in [0.29, 0.717) is 11.4 Å². The fourth-order valence-corrected chi connectivity index (χ4v) is 2.59. The molecule has 4 aromatic rings. The van der Waals surface area contributed by atoms with Crippen molar-refractivity contribution in [3.63, 3.8) is 0 Å². The summed E-state index contributed by atoms with van der Waals surface area (Å²) in [5, 5.41) is 6.82. The van der Waals surface area contributed by atoms with Crippen molar-refractivity contribution >= 4 is 11.6 Å². The van der Waals surface area contributed by atoms with Crippen LogP contribution in [-0.2, 0) is 0 Å². The molecule has 0 fully saturated rings. The highest BCUT2D eigenvalue weighted by Gasteiger charge is 2.20. The summed E-state index contributed by atoms with van der Waals surface area (Å²) in [7, 11) is 0. The van der Waals surface area contributed by atoms with Gasteiger partial charge in [0.15, 0.2) is 5.82 Å². The van der Waals surface area contributed by atoms with Crippen LogP contribution < -0.4 is 5.32 Å². The van der Waals surface area contributed by atoms with Crippen molar-refractivity contribution in [3.05, 3.63) is 84.3 Å². The second-order valence-corrected chi connectivity index (χ2v) is 5.95. The Morgan fingerprint density at radius 2 is 1.89 bits per heavy atom. The zero-order valence-corrected chi connectivity index (χ0v) is 14.4. The van der Waals surface area contributed by atoms with Gasteiger partial charge in [0.2, 0.25) is 5.82 Å². The van der Waals surface area contributed by atoms with Crippen LogP contribution in [0.3, 0.4) is 0 Å². The van der Waals surface area contributed by atoms with Crippen LogP contribution in [0, 0.1) is 12.7 Å². The fourth-order valence-electron chi connectivity index (χ4n) is 2.59. The molecule has 2 aromatic carbocycles. The van der Waals surface area contributed by atoms with Gasteiger partial charge in [0.05, 0.1) is 23.2 Å². The minimum Gasteiger partial charge on any atom is -0.472 e. The molecule has 4 rings (SSSR count). The maximum Gasteiger partial charge on any atom is 0.295 e. The van der Waals surface area contributed by atoms with Crippen LogP contribution in [0.5, 0.6) is 0 Å². The van der Waals surface area contributed by atoms with Gasteiger partial charge in [-0.05, 0) is 37.3 Å². The molecule has 2 heterocycles. The lowest BCUT2D eigenvalue weighted by molar-refractivity contribution is 0.101. The maximum absolute atomic E-state index is 13.8. The zero-order valence-electron chi connectivity index (χ0n) is 14.4. The second kappa shape index (κ2) is 6.87. The molecule has 0 aliphatic heterocycles. The number of carbonyl (C=O) groups is 1. The lowest BCUT2D eigenvalue weighted by Gasteiger charge is -2.04. The molecule has 1 amide bonds. The van der Waals surface area contributed by atoms with E-state index in [2.05, 4.69) is 15.4 Å². The smallest absolute Gasteiger partial charge is 0.295 e. The molecule has 0 aliphatic rings. The minimum atomic E-state index is -0.601. The molecule has 27 heavy (non-hydrogen) atoms. The van der Waals surface area contributed by atoms with Gasteiger partial charge in [-0.25, -0.2) is 14.1 Å². The summed E-state index contributed by atoms with van der Waals surface area (Å²) in [6.45, 7) is 1.98. The molecular formula is C20H15FN4O2. The predicted molar refractivity (Wildman–Crippen MR) is 98.2 cm³/mol. The quantitative estimate of drug-likeness (QED) is 0.590. The number of hydrogen-bond donors (Lipinski definition) is 1. The van der Waals surface area contributed by atoms with Crippen LogP contribution in [0.4, 0.5) is 10.1 Å². The van der Waals surface area contributed by atoms with Crippen molar-refractivity contribution in [2.75, 3.05) is 5.32 Å². The number of nitrogens with one attached hydrogen (secondary N) is 1. The van der Waals surface area contributed by atoms with Crippen LogP contribution in [0.25, 0.3) is 17.1 Å². The number of amides is 1. The number of furan rings is 1. The topological polar surface area (TPSA) is 73.0 Å². The van der Waals surface area contributed by atoms with Gasteiger partial charge in [-0.15, -0.1) is 5.10 Å². The van der Waals surface area contributed by atoms with E-state index in [1.165, 1.54) is 24.7 Å². The molecule has 0 aliphatic carbocycles. The third-order valence-electron chi connectivity index (χ3n) is 3.99. The summed E-state index contributed by atoms with van der Waals surface area (Å²) >= 11 is 0. The second-order valence-electron chi connectivity index (χ2n) is 5.95. The number of aromatic nitrogens is 3. The van der Waals surface area contributed by atoms with Crippen LogP contribution in [0.2, 0.25) is 0 Å². The largest absolute Gasteiger partial charge is 0.472 e. The van der Waals surface area contributed by atoms with Crippen LogP contribution in [0.1, 0.15) is 16.2 Å². The van der Waals surface area contributed by atoms with Gasteiger partial charge < -0.3 is 9.73 Å². The number of anilines is 1. The summed E-state index contributed by atoms with van der Waals surface area (Å²) in [6.07, 6.45) is 3.04. The number of aryl methyl sites for hydroxylation is 1. The van der Waals surface area contributed by atoms with E-state index in [1.807, 2.05) is 31.2 Å². The fraction of sp³-hybridized carbons (Fsp3) is 0.0500. The van der Waals surface area contributed by atoms with E-state index in [1.54, 1.807) is 22.9 Å². The average Bonchev–Trinajstić information content (AvgIpc) is 3.33. The van der Waals surface area contributed by atoms with Gasteiger partial charge in [0, 0.05) is 0 Å². The molecular weight excluding hydrogens is 347 g/mol. The molecule has 0 saturated heterocycles. The van der Waals surface area contributed by atoms with Crippen molar-refractivity contribution in [1.29, 1.82) is 0 Å². The molecule has 6 nitrogen and oxygen atoms in total. The van der Waals surface area contributed by atoms with Gasteiger partial charge >= 0.3 is 0 Å². The highest BCUT2D eigenvalue weighted by atomic mass is 19.1. The van der Waals surface area contributed by atoms with Gasteiger partial charge in [-0.1, -0.05) is 29.8 Å². The Morgan fingerprint density at radius 3 is 2.59 bits per heavy atom. The van der Waals surface area contributed by atoms with E-state index in [-0.39, 0.29) is 11.5 Å². The number of halogens is 1. The normalized spacial score (nSPS) is 10.7. The number of para-hydroxylation sites is 1. The molecule has 0 bridgehead atoms. The molecule has 0 unspecified atom stereocenters. The van der Waals surface area contributed by atoms with Crippen molar-refractivity contribution in [3.8, 4) is 17.1 Å².